The number of furan rings is 1. The lowest BCUT2D eigenvalue weighted by Gasteiger charge is -2.16. The Labute approximate surface area is 319 Å². The number of rotatable bonds is 2. The molecule has 0 unspecified atom stereocenters. The van der Waals surface area contributed by atoms with Crippen molar-refractivity contribution >= 4 is 109 Å². The third kappa shape index (κ3) is 3.97. The molecule has 0 aliphatic rings. The molecule has 10 aromatic carbocycles. The van der Waals surface area contributed by atoms with E-state index in [4.69, 9.17) is 14.4 Å². The second-order valence-corrected chi connectivity index (χ2v) is 14.9. The van der Waals surface area contributed by atoms with E-state index >= 15 is 0 Å². The van der Waals surface area contributed by atoms with Crippen molar-refractivity contribution in [1.29, 1.82) is 0 Å². The molecule has 56 heavy (non-hydrogen) atoms. The van der Waals surface area contributed by atoms with E-state index in [1.54, 1.807) is 0 Å². The lowest BCUT2D eigenvalue weighted by atomic mass is 9.91. The van der Waals surface area contributed by atoms with Crippen LogP contribution in [0.3, 0.4) is 0 Å². The summed E-state index contributed by atoms with van der Waals surface area (Å²) in [7, 11) is 0. The zero-order chi connectivity index (χ0) is 36.5. The Morgan fingerprint density at radius 1 is 0.393 bits per heavy atom. The van der Waals surface area contributed by atoms with Gasteiger partial charge in [-0.1, -0.05) is 140 Å². The number of nitrogens with zero attached hydrogens (tertiary/aromatic N) is 3. The van der Waals surface area contributed by atoms with Crippen molar-refractivity contribution in [3.05, 3.63) is 176 Å². The molecule has 0 fully saturated rings. The Kier molecular flexibility index (Phi) is 5.86. The number of para-hydroxylation sites is 1. The monoisotopic (exact) mass is 711 g/mol. The van der Waals surface area contributed by atoms with Crippen molar-refractivity contribution < 1.29 is 4.42 Å². The molecule has 0 saturated carbocycles. The van der Waals surface area contributed by atoms with E-state index in [-0.39, 0.29) is 0 Å². The summed E-state index contributed by atoms with van der Waals surface area (Å²) >= 11 is 0. The van der Waals surface area contributed by atoms with Crippen LogP contribution in [0.4, 0.5) is 0 Å². The van der Waals surface area contributed by atoms with E-state index in [1.807, 2.05) is 12.1 Å². The molecular weight excluding hydrogens is 683 g/mol. The van der Waals surface area contributed by atoms with E-state index in [0.29, 0.717) is 0 Å². The van der Waals surface area contributed by atoms with Gasteiger partial charge in [0.05, 0.1) is 22.1 Å². The Bertz CT molecular complexity index is 3800. The predicted molar refractivity (Wildman–Crippen MR) is 234 cm³/mol. The van der Waals surface area contributed by atoms with Crippen LogP contribution in [0.5, 0.6) is 0 Å². The van der Waals surface area contributed by atoms with Gasteiger partial charge in [0.15, 0.2) is 5.82 Å². The minimum Gasteiger partial charge on any atom is -0.456 e. The zero-order valence-electron chi connectivity index (χ0n) is 30.0. The van der Waals surface area contributed by atoms with Gasteiger partial charge < -0.3 is 4.42 Å². The second-order valence-electron chi connectivity index (χ2n) is 14.9. The van der Waals surface area contributed by atoms with Crippen LogP contribution in [0.25, 0.3) is 126 Å². The van der Waals surface area contributed by atoms with Gasteiger partial charge in [0.25, 0.3) is 0 Å². The lowest BCUT2D eigenvalue weighted by molar-refractivity contribution is 0.669. The molecule has 0 spiro atoms. The first-order chi connectivity index (χ1) is 27.8. The maximum atomic E-state index is 6.29. The van der Waals surface area contributed by atoms with Gasteiger partial charge in [-0.3, -0.25) is 4.57 Å². The van der Waals surface area contributed by atoms with Crippen LogP contribution in [0.2, 0.25) is 0 Å². The van der Waals surface area contributed by atoms with Crippen molar-refractivity contribution in [1.82, 2.24) is 14.5 Å². The topological polar surface area (TPSA) is 43.9 Å². The smallest absolute Gasteiger partial charge is 0.165 e. The van der Waals surface area contributed by atoms with Crippen molar-refractivity contribution in [2.45, 2.75) is 0 Å². The first-order valence-corrected chi connectivity index (χ1v) is 19.1. The molecular formula is C52H29N3O. The van der Waals surface area contributed by atoms with Crippen LogP contribution in [-0.4, -0.2) is 14.5 Å². The van der Waals surface area contributed by atoms with Gasteiger partial charge in [0.2, 0.25) is 0 Å². The molecule has 0 amide bonds. The fourth-order valence-electron chi connectivity index (χ4n) is 9.49. The molecule has 3 aromatic heterocycles. The maximum Gasteiger partial charge on any atom is 0.165 e. The standard InChI is InChI=1S/C52H29N3O/c1-3-13-33-30(11-1)22-26-43-50(33)54-52(49(53-43)32-23-28-46-42(29-32)38-18-9-10-20-45(38)56-46)55-44-27-25-40-37-17-6-5-15-35(37)36-16-7-8-19-39(36)47(40)48(44)41-24-21-31-12-2-4-14-34(31)51(41)55/h1-29H. The summed E-state index contributed by atoms with van der Waals surface area (Å²) in [4.78, 5) is 11.3. The molecule has 0 aliphatic heterocycles. The van der Waals surface area contributed by atoms with E-state index < -0.39 is 0 Å². The summed E-state index contributed by atoms with van der Waals surface area (Å²) < 4.78 is 8.69. The van der Waals surface area contributed by atoms with Crippen molar-refractivity contribution in [2.75, 3.05) is 0 Å². The first-order valence-electron chi connectivity index (χ1n) is 19.1. The Balaban J connectivity index is 1.26. The summed E-state index contributed by atoms with van der Waals surface area (Å²) in [6.07, 6.45) is 0. The minimum absolute atomic E-state index is 0.793. The van der Waals surface area contributed by atoms with Crippen LogP contribution in [-0.2, 0) is 0 Å². The normalized spacial score (nSPS) is 12.3. The van der Waals surface area contributed by atoms with Gasteiger partial charge in [-0.05, 0) is 74.1 Å². The van der Waals surface area contributed by atoms with E-state index in [1.165, 1.54) is 53.9 Å². The summed E-state index contributed by atoms with van der Waals surface area (Å²) in [6.45, 7) is 0. The minimum atomic E-state index is 0.793. The quantitative estimate of drug-likeness (QED) is 0.168. The molecule has 0 bridgehead atoms. The van der Waals surface area contributed by atoms with Crippen LogP contribution in [0.1, 0.15) is 0 Å². The van der Waals surface area contributed by atoms with Crippen LogP contribution in [0.15, 0.2) is 180 Å². The van der Waals surface area contributed by atoms with Gasteiger partial charge in [-0.2, -0.15) is 0 Å². The number of aromatic nitrogens is 3. The molecule has 0 atom stereocenters. The summed E-state index contributed by atoms with van der Waals surface area (Å²) in [5.74, 6) is 0.793. The molecule has 0 aliphatic carbocycles. The molecule has 0 N–H and O–H groups in total. The number of benzene rings is 10. The SMILES string of the molecule is c1ccc2c(c1)ccc1nc(-c3ccc4oc5ccccc5c4c3)c(-n3c4ccc5c6ccccc6c6ccccc6c5c4c4ccc5ccccc5c43)nc12. The van der Waals surface area contributed by atoms with Crippen LogP contribution >= 0.6 is 0 Å². The Hall–Kier alpha value is -7.56. The largest absolute Gasteiger partial charge is 0.456 e. The van der Waals surface area contributed by atoms with Crippen molar-refractivity contribution in [3.63, 3.8) is 0 Å². The average Bonchev–Trinajstić information content (AvgIpc) is 3.81. The van der Waals surface area contributed by atoms with E-state index in [9.17, 15) is 0 Å². The van der Waals surface area contributed by atoms with Crippen LogP contribution < -0.4 is 0 Å². The van der Waals surface area contributed by atoms with Gasteiger partial charge in [-0.25, -0.2) is 9.97 Å². The molecule has 3 heterocycles. The van der Waals surface area contributed by atoms with E-state index in [2.05, 4.69) is 168 Å². The molecule has 0 radical (unpaired) electrons. The van der Waals surface area contributed by atoms with Gasteiger partial charge in [0, 0.05) is 43.3 Å². The van der Waals surface area contributed by atoms with Gasteiger partial charge in [0.1, 0.15) is 16.9 Å². The van der Waals surface area contributed by atoms with Gasteiger partial charge >= 0.3 is 0 Å². The molecule has 4 nitrogen and oxygen atoms in total. The highest BCUT2D eigenvalue weighted by Gasteiger charge is 2.24. The third-order valence-corrected chi connectivity index (χ3v) is 11.9. The molecule has 258 valence electrons. The number of hydrogen-bond acceptors (Lipinski definition) is 3. The maximum absolute atomic E-state index is 6.29. The molecule has 4 heteroatoms. The highest BCUT2D eigenvalue weighted by molar-refractivity contribution is 6.36. The van der Waals surface area contributed by atoms with Gasteiger partial charge in [-0.15, -0.1) is 0 Å². The summed E-state index contributed by atoms with van der Waals surface area (Å²) in [5, 5.41) is 16.6. The lowest BCUT2D eigenvalue weighted by Crippen LogP contribution is -2.04. The Morgan fingerprint density at radius 3 is 1.79 bits per heavy atom. The van der Waals surface area contributed by atoms with Crippen LogP contribution in [0, 0.1) is 0 Å². The first kappa shape index (κ1) is 29.8. The number of fused-ring (bicyclic) bond motifs is 18. The molecule has 0 saturated heterocycles. The third-order valence-electron chi connectivity index (χ3n) is 11.9. The fourth-order valence-corrected chi connectivity index (χ4v) is 9.49. The Morgan fingerprint density at radius 2 is 0.982 bits per heavy atom. The van der Waals surface area contributed by atoms with Crippen molar-refractivity contribution in [3.8, 4) is 17.1 Å². The average molecular weight is 712 g/mol. The molecule has 13 rings (SSSR count). The highest BCUT2D eigenvalue weighted by atomic mass is 16.3. The fraction of sp³-hybridized carbons (Fsp3) is 0. The number of hydrogen-bond donors (Lipinski definition) is 0. The van der Waals surface area contributed by atoms with Crippen molar-refractivity contribution in [2.24, 2.45) is 0 Å². The predicted octanol–water partition coefficient (Wildman–Crippen LogP) is 14.1. The molecule has 13 aromatic rings. The highest BCUT2D eigenvalue weighted by Crippen LogP contribution is 2.46. The summed E-state index contributed by atoms with van der Waals surface area (Å²) in [6, 6.07) is 63.0. The van der Waals surface area contributed by atoms with E-state index in [0.717, 1.165) is 71.9 Å². The zero-order valence-corrected chi connectivity index (χ0v) is 30.0. The second kappa shape index (κ2) is 11.0. The summed E-state index contributed by atoms with van der Waals surface area (Å²) in [5.41, 5.74) is 7.46.